The van der Waals surface area contributed by atoms with Crippen molar-refractivity contribution in [3.8, 4) is 0 Å². The van der Waals surface area contributed by atoms with Gasteiger partial charge >= 0.3 is 5.97 Å². The van der Waals surface area contributed by atoms with Crippen LogP contribution in [0.1, 0.15) is 97.8 Å². The summed E-state index contributed by atoms with van der Waals surface area (Å²) in [5, 5.41) is 8.56. The summed E-state index contributed by atoms with van der Waals surface area (Å²) in [6, 6.07) is 0. The van der Waals surface area contributed by atoms with Crippen LogP contribution in [0.2, 0.25) is 0 Å². The van der Waals surface area contributed by atoms with E-state index < -0.39 is 5.97 Å². The van der Waals surface area contributed by atoms with E-state index in [0.29, 0.717) is 6.42 Å². The van der Waals surface area contributed by atoms with Crippen molar-refractivity contribution in [3.63, 3.8) is 0 Å². The fourth-order valence-electron chi connectivity index (χ4n) is 2.58. The van der Waals surface area contributed by atoms with Crippen LogP contribution in [0.5, 0.6) is 0 Å². The van der Waals surface area contributed by atoms with Crippen LogP contribution in [0.15, 0.2) is 35.5 Å². The second-order valence-corrected chi connectivity index (χ2v) is 6.82. The van der Waals surface area contributed by atoms with Crippen molar-refractivity contribution >= 4 is 5.97 Å². The van der Waals surface area contributed by atoms with E-state index in [4.69, 9.17) is 5.11 Å². The maximum absolute atomic E-state index is 10.4. The summed E-state index contributed by atoms with van der Waals surface area (Å²) in [5.41, 5.74) is 2.95. The largest absolute Gasteiger partial charge is 0.481 e. The molecule has 0 heterocycles. The first-order valence-corrected chi connectivity index (χ1v) is 9.74. The van der Waals surface area contributed by atoms with Crippen LogP contribution in [-0.2, 0) is 4.79 Å². The Bertz CT molecular complexity index is 402. The molecule has 138 valence electrons. The second-order valence-electron chi connectivity index (χ2n) is 6.82. The second kappa shape index (κ2) is 16.5. The highest BCUT2D eigenvalue weighted by atomic mass is 16.4. The van der Waals surface area contributed by atoms with Crippen LogP contribution in [0.4, 0.5) is 0 Å². The van der Waals surface area contributed by atoms with E-state index in [-0.39, 0.29) is 0 Å². The molecular formula is C22H38O2. The first-order chi connectivity index (χ1) is 11.6. The van der Waals surface area contributed by atoms with Gasteiger partial charge in [0.25, 0.3) is 0 Å². The summed E-state index contributed by atoms with van der Waals surface area (Å²) in [5.74, 6) is -0.678. The van der Waals surface area contributed by atoms with Gasteiger partial charge in [0.1, 0.15) is 0 Å². The van der Waals surface area contributed by atoms with Crippen molar-refractivity contribution in [3.05, 3.63) is 35.5 Å². The first kappa shape index (κ1) is 22.7. The summed E-state index contributed by atoms with van der Waals surface area (Å²) in [4.78, 5) is 10.4. The minimum absolute atomic E-state index is 0.312. The Kier molecular flexibility index (Phi) is 15.6. The maximum atomic E-state index is 10.4. The minimum atomic E-state index is -0.678. The van der Waals surface area contributed by atoms with Gasteiger partial charge in [-0.1, -0.05) is 68.1 Å². The van der Waals surface area contributed by atoms with Gasteiger partial charge in [-0.05, 0) is 58.8 Å². The Morgan fingerprint density at radius 3 is 2.21 bits per heavy atom. The van der Waals surface area contributed by atoms with Crippen molar-refractivity contribution < 1.29 is 9.90 Å². The topological polar surface area (TPSA) is 37.3 Å². The van der Waals surface area contributed by atoms with Crippen molar-refractivity contribution in [2.24, 2.45) is 0 Å². The highest BCUT2D eigenvalue weighted by molar-refractivity contribution is 5.66. The van der Waals surface area contributed by atoms with Crippen LogP contribution in [0.25, 0.3) is 0 Å². The lowest BCUT2D eigenvalue weighted by atomic mass is 10.1. The summed E-state index contributed by atoms with van der Waals surface area (Å²) >= 11 is 0. The van der Waals surface area contributed by atoms with Crippen LogP contribution >= 0.6 is 0 Å². The predicted octanol–water partition coefficient (Wildman–Crippen LogP) is 7.22. The molecule has 0 unspecified atom stereocenters. The molecule has 0 aromatic rings. The van der Waals surface area contributed by atoms with E-state index in [0.717, 1.165) is 38.5 Å². The molecule has 0 fully saturated rings. The van der Waals surface area contributed by atoms with Gasteiger partial charge in [-0.15, -0.1) is 0 Å². The molecule has 0 saturated heterocycles. The van der Waals surface area contributed by atoms with Gasteiger partial charge in [-0.2, -0.15) is 0 Å². The molecule has 0 saturated carbocycles. The molecular weight excluding hydrogens is 296 g/mol. The first-order valence-electron chi connectivity index (χ1n) is 9.74. The zero-order valence-corrected chi connectivity index (χ0v) is 16.2. The Balaban J connectivity index is 3.66. The average molecular weight is 335 g/mol. The number of hydrogen-bond acceptors (Lipinski definition) is 1. The van der Waals surface area contributed by atoms with Gasteiger partial charge < -0.3 is 5.11 Å². The van der Waals surface area contributed by atoms with Gasteiger partial charge in [0.2, 0.25) is 0 Å². The molecule has 0 radical (unpaired) electrons. The summed E-state index contributed by atoms with van der Waals surface area (Å²) in [7, 11) is 0. The summed E-state index contributed by atoms with van der Waals surface area (Å²) in [6.45, 7) is 6.70. The fraction of sp³-hybridized carbons (Fsp3) is 0.682. The van der Waals surface area contributed by atoms with Crippen LogP contribution in [-0.4, -0.2) is 11.1 Å². The van der Waals surface area contributed by atoms with Gasteiger partial charge in [-0.3, -0.25) is 4.79 Å². The highest BCUT2D eigenvalue weighted by Crippen LogP contribution is 2.11. The van der Waals surface area contributed by atoms with E-state index in [9.17, 15) is 4.79 Å². The number of hydrogen-bond donors (Lipinski definition) is 1. The van der Waals surface area contributed by atoms with Gasteiger partial charge in [0.15, 0.2) is 0 Å². The van der Waals surface area contributed by atoms with Gasteiger partial charge in [0.05, 0.1) is 0 Å². The molecule has 0 atom stereocenters. The van der Waals surface area contributed by atoms with E-state index in [1.807, 2.05) is 0 Å². The molecule has 0 aliphatic carbocycles. The molecule has 1 N–H and O–H groups in total. The summed E-state index contributed by atoms with van der Waals surface area (Å²) in [6.07, 6.45) is 22.1. The third kappa shape index (κ3) is 17.1. The van der Waals surface area contributed by atoms with E-state index in [1.54, 1.807) is 0 Å². The average Bonchev–Trinajstić information content (AvgIpc) is 2.53. The molecule has 0 spiro atoms. The molecule has 0 aliphatic heterocycles. The molecule has 0 aliphatic rings. The van der Waals surface area contributed by atoms with Crippen molar-refractivity contribution in [2.45, 2.75) is 97.8 Å². The number of carboxylic acids is 1. The predicted molar refractivity (Wildman–Crippen MR) is 105 cm³/mol. The Morgan fingerprint density at radius 1 is 0.833 bits per heavy atom. The van der Waals surface area contributed by atoms with E-state index in [2.05, 4.69) is 45.1 Å². The quantitative estimate of drug-likeness (QED) is 0.253. The molecule has 2 nitrogen and oxygen atoms in total. The molecule has 24 heavy (non-hydrogen) atoms. The summed E-state index contributed by atoms with van der Waals surface area (Å²) < 4.78 is 0. The van der Waals surface area contributed by atoms with Crippen molar-refractivity contribution in [1.29, 1.82) is 0 Å². The Hall–Kier alpha value is -1.31. The third-order valence-electron chi connectivity index (χ3n) is 4.23. The molecule has 0 bridgehead atoms. The molecule has 0 amide bonds. The normalized spacial score (nSPS) is 13.0. The molecule has 0 aromatic heterocycles. The Morgan fingerprint density at radius 2 is 1.50 bits per heavy atom. The number of allylic oxidation sites excluding steroid dienone is 6. The molecule has 2 heteroatoms. The SMILES string of the molecule is CCCCC/C(C)=C/C/C=C(\C)C/C=C/CCCCCCC(=O)O. The van der Waals surface area contributed by atoms with Gasteiger partial charge in [-0.25, -0.2) is 0 Å². The van der Waals surface area contributed by atoms with Crippen LogP contribution in [0.3, 0.4) is 0 Å². The molecule has 0 rings (SSSR count). The number of carboxylic acid groups (broad SMARTS) is 1. The lowest BCUT2D eigenvalue weighted by Crippen LogP contribution is -1.93. The maximum Gasteiger partial charge on any atom is 0.303 e. The minimum Gasteiger partial charge on any atom is -0.481 e. The van der Waals surface area contributed by atoms with Gasteiger partial charge in [0, 0.05) is 6.42 Å². The number of carbonyl (C=O) groups is 1. The van der Waals surface area contributed by atoms with E-state index >= 15 is 0 Å². The lowest BCUT2D eigenvalue weighted by molar-refractivity contribution is -0.137. The van der Waals surface area contributed by atoms with Crippen molar-refractivity contribution in [2.75, 3.05) is 0 Å². The van der Waals surface area contributed by atoms with Crippen LogP contribution < -0.4 is 0 Å². The fourth-order valence-corrected chi connectivity index (χ4v) is 2.58. The third-order valence-corrected chi connectivity index (χ3v) is 4.23. The van der Waals surface area contributed by atoms with E-state index in [1.165, 1.54) is 43.3 Å². The van der Waals surface area contributed by atoms with Crippen molar-refractivity contribution in [1.82, 2.24) is 0 Å². The lowest BCUT2D eigenvalue weighted by Gasteiger charge is -2.00. The zero-order valence-electron chi connectivity index (χ0n) is 16.2. The number of rotatable bonds is 15. The smallest absolute Gasteiger partial charge is 0.303 e. The highest BCUT2D eigenvalue weighted by Gasteiger charge is 1.95. The monoisotopic (exact) mass is 334 g/mol. The zero-order chi connectivity index (χ0) is 18.0. The number of aliphatic carboxylic acids is 1. The molecule has 0 aromatic carbocycles. The standard InChI is InChI=1S/C22H38O2/c1-4-5-11-15-20(2)17-14-18-21(3)16-12-9-7-6-8-10-13-19-22(23)24/h9,12,17-18H,4-8,10-11,13-16,19H2,1-3H3,(H,23,24)/b12-9+,20-17+,21-18+. The van der Waals surface area contributed by atoms with Crippen LogP contribution in [0, 0.1) is 0 Å². The number of unbranched alkanes of at least 4 members (excludes halogenated alkanes) is 6. The Labute approximate surface area is 149 Å².